The Morgan fingerprint density at radius 2 is 2.00 bits per heavy atom. The summed E-state index contributed by atoms with van der Waals surface area (Å²) in [6.07, 6.45) is 0. The van der Waals surface area contributed by atoms with E-state index in [2.05, 4.69) is 4.98 Å². The van der Waals surface area contributed by atoms with E-state index in [0.29, 0.717) is 41.4 Å². The molecule has 2 heterocycles. The molecular weight excluding hydrogens is 352 g/mol. The van der Waals surface area contributed by atoms with Crippen LogP contribution in [0, 0.1) is 12.3 Å². The molecule has 1 aliphatic heterocycles. The number of hydrogen-bond donors (Lipinski definition) is 1. The number of benzene rings is 1. The largest absolute Gasteiger partial charge is 0.384 e. The number of aromatic nitrogens is 2. The minimum atomic E-state index is -0.437. The molecule has 1 aliphatic rings. The monoisotopic (exact) mass is 370 g/mol. The van der Waals surface area contributed by atoms with Gasteiger partial charge in [-0.05, 0) is 18.6 Å². The van der Waals surface area contributed by atoms with E-state index < -0.39 is 5.69 Å². The molecule has 0 fully saturated rings. The third-order valence-electron chi connectivity index (χ3n) is 4.27. The fourth-order valence-corrected chi connectivity index (χ4v) is 4.91. The Balaban J connectivity index is 2.34. The molecule has 0 spiro atoms. The molecule has 0 amide bonds. The van der Waals surface area contributed by atoms with Gasteiger partial charge in [0.1, 0.15) is 0 Å². The summed E-state index contributed by atoms with van der Waals surface area (Å²) in [7, 11) is 3.25. The molecule has 0 radical (unpaired) electrons. The van der Waals surface area contributed by atoms with Crippen LogP contribution < -0.4 is 11.2 Å². The van der Waals surface area contributed by atoms with Crippen LogP contribution in [0.4, 0.5) is 0 Å². The first kappa shape index (κ1) is 17.5. The fraction of sp³-hybridized carbons (Fsp3) is 0.500. The van der Waals surface area contributed by atoms with Crippen LogP contribution in [0.5, 0.6) is 0 Å². The lowest BCUT2D eigenvalue weighted by Gasteiger charge is -2.31. The van der Waals surface area contributed by atoms with Crippen molar-refractivity contribution in [1.29, 1.82) is 0 Å². The average molecular weight is 371 g/mol. The summed E-state index contributed by atoms with van der Waals surface area (Å²) in [4.78, 5) is 27.9. The second-order valence-corrected chi connectivity index (χ2v) is 7.60. The van der Waals surface area contributed by atoms with Crippen molar-refractivity contribution >= 4 is 34.3 Å². The van der Waals surface area contributed by atoms with Gasteiger partial charge in [0.25, 0.3) is 5.56 Å². The molecule has 3 rings (SSSR count). The van der Waals surface area contributed by atoms with Crippen LogP contribution in [0.15, 0.2) is 20.6 Å². The number of aromatic amines is 1. The summed E-state index contributed by atoms with van der Waals surface area (Å²) < 4.78 is 12.4. The van der Waals surface area contributed by atoms with Gasteiger partial charge in [0, 0.05) is 31.9 Å². The van der Waals surface area contributed by atoms with Crippen molar-refractivity contribution in [3.05, 3.63) is 37.5 Å². The zero-order chi connectivity index (χ0) is 17.5. The van der Waals surface area contributed by atoms with E-state index in [4.69, 9.17) is 21.1 Å². The average Bonchev–Trinajstić information content (AvgIpc) is 2.69. The lowest BCUT2D eigenvalue weighted by molar-refractivity contribution is 0.0148. The lowest BCUT2D eigenvalue weighted by atomic mass is 9.92. The maximum atomic E-state index is 12.5. The highest BCUT2D eigenvalue weighted by atomic mass is 35.5. The van der Waals surface area contributed by atoms with E-state index >= 15 is 0 Å². The van der Waals surface area contributed by atoms with E-state index in [1.54, 1.807) is 36.6 Å². The number of ether oxygens (including phenoxy) is 2. The molecule has 0 atom stereocenters. The summed E-state index contributed by atoms with van der Waals surface area (Å²) in [6.45, 7) is 3.12. The zero-order valence-corrected chi connectivity index (χ0v) is 15.3. The summed E-state index contributed by atoms with van der Waals surface area (Å²) in [5.41, 5.74) is 0.192. The number of hydrogen-bond acceptors (Lipinski definition) is 5. The SMILES string of the molecule is COCC1(COC)CSc2c(Cl)c(C)cc3c(=O)[nH]c(=O)n(c23)C1. The van der Waals surface area contributed by atoms with Crippen LogP contribution in [-0.4, -0.2) is 42.7 Å². The fourth-order valence-electron chi connectivity index (χ4n) is 3.25. The highest BCUT2D eigenvalue weighted by Crippen LogP contribution is 2.42. The first-order chi connectivity index (χ1) is 11.4. The van der Waals surface area contributed by atoms with E-state index in [1.165, 1.54) is 0 Å². The van der Waals surface area contributed by atoms with Gasteiger partial charge >= 0.3 is 5.69 Å². The van der Waals surface area contributed by atoms with Crippen molar-refractivity contribution in [3.63, 3.8) is 0 Å². The quantitative estimate of drug-likeness (QED) is 0.891. The van der Waals surface area contributed by atoms with Gasteiger partial charge in [0.2, 0.25) is 0 Å². The van der Waals surface area contributed by atoms with Gasteiger partial charge < -0.3 is 9.47 Å². The minimum Gasteiger partial charge on any atom is -0.384 e. The predicted molar refractivity (Wildman–Crippen MR) is 95.5 cm³/mol. The Bertz CT molecular complexity index is 900. The number of thioether (sulfide) groups is 1. The van der Waals surface area contributed by atoms with Crippen LogP contribution in [-0.2, 0) is 16.0 Å². The van der Waals surface area contributed by atoms with Crippen LogP contribution in [0.1, 0.15) is 5.56 Å². The molecule has 0 saturated heterocycles. The second-order valence-electron chi connectivity index (χ2n) is 6.23. The van der Waals surface area contributed by atoms with Crippen molar-refractivity contribution in [3.8, 4) is 0 Å². The molecule has 130 valence electrons. The van der Waals surface area contributed by atoms with Crippen molar-refractivity contribution in [1.82, 2.24) is 9.55 Å². The normalized spacial score (nSPS) is 16.3. The second kappa shape index (κ2) is 6.55. The molecule has 6 nitrogen and oxygen atoms in total. The zero-order valence-electron chi connectivity index (χ0n) is 13.8. The van der Waals surface area contributed by atoms with E-state index in [0.717, 1.165) is 10.5 Å². The number of aryl methyl sites for hydroxylation is 1. The van der Waals surface area contributed by atoms with Crippen LogP contribution in [0.25, 0.3) is 10.9 Å². The van der Waals surface area contributed by atoms with Gasteiger partial charge in [-0.25, -0.2) is 4.79 Å². The van der Waals surface area contributed by atoms with E-state index in [1.807, 2.05) is 6.92 Å². The summed E-state index contributed by atoms with van der Waals surface area (Å²) in [6, 6.07) is 1.73. The van der Waals surface area contributed by atoms with Gasteiger partial charge in [-0.1, -0.05) is 11.6 Å². The maximum absolute atomic E-state index is 12.5. The number of methoxy groups -OCH3 is 2. The molecule has 1 N–H and O–H groups in total. The highest BCUT2D eigenvalue weighted by Gasteiger charge is 2.36. The van der Waals surface area contributed by atoms with Gasteiger partial charge in [-0.15, -0.1) is 11.8 Å². The first-order valence-electron chi connectivity index (χ1n) is 7.49. The molecule has 0 saturated carbocycles. The molecule has 0 aliphatic carbocycles. The molecule has 0 unspecified atom stereocenters. The van der Waals surface area contributed by atoms with E-state index in [-0.39, 0.29) is 11.0 Å². The molecular formula is C16H19ClN2O4S. The van der Waals surface area contributed by atoms with E-state index in [9.17, 15) is 9.59 Å². The third kappa shape index (κ3) is 2.79. The molecule has 8 heteroatoms. The number of nitrogens with one attached hydrogen (secondary N) is 1. The highest BCUT2D eigenvalue weighted by molar-refractivity contribution is 7.99. The standard InChI is InChI=1S/C16H19ClN2O4S/c1-9-4-10-12-13(11(9)17)24-8-16(6-22-2,7-23-3)5-19(12)15(21)18-14(10)20/h4H,5-8H2,1-3H3,(H,18,20,21). The Kier molecular flexibility index (Phi) is 4.79. The van der Waals surface area contributed by atoms with Gasteiger partial charge in [-0.3, -0.25) is 14.3 Å². The minimum absolute atomic E-state index is 0.389. The number of H-pyrrole nitrogens is 1. The third-order valence-corrected chi connectivity index (χ3v) is 6.32. The molecule has 2 aromatic rings. The Morgan fingerprint density at radius 3 is 2.62 bits per heavy atom. The topological polar surface area (TPSA) is 73.3 Å². The van der Waals surface area contributed by atoms with Crippen molar-refractivity contribution in [2.75, 3.05) is 33.2 Å². The van der Waals surface area contributed by atoms with Crippen molar-refractivity contribution < 1.29 is 9.47 Å². The van der Waals surface area contributed by atoms with Gasteiger partial charge in [-0.2, -0.15) is 0 Å². The molecule has 1 aromatic heterocycles. The number of halogens is 1. The maximum Gasteiger partial charge on any atom is 0.328 e. The molecule has 0 bridgehead atoms. The predicted octanol–water partition coefficient (Wildman–Crippen LogP) is 2.04. The van der Waals surface area contributed by atoms with Gasteiger partial charge in [0.05, 0.1) is 34.0 Å². The molecule has 1 aromatic carbocycles. The smallest absolute Gasteiger partial charge is 0.328 e. The summed E-state index contributed by atoms with van der Waals surface area (Å²) >= 11 is 8.03. The molecule has 24 heavy (non-hydrogen) atoms. The Labute approximate surface area is 148 Å². The Morgan fingerprint density at radius 1 is 1.33 bits per heavy atom. The lowest BCUT2D eigenvalue weighted by Crippen LogP contribution is -2.42. The Hall–Kier alpha value is -1.28. The summed E-state index contributed by atoms with van der Waals surface area (Å²) in [5.74, 6) is 0.669. The van der Waals surface area contributed by atoms with Crippen molar-refractivity contribution in [2.24, 2.45) is 5.41 Å². The summed E-state index contributed by atoms with van der Waals surface area (Å²) in [5, 5.41) is 1.06. The van der Waals surface area contributed by atoms with Crippen LogP contribution in [0.3, 0.4) is 0 Å². The van der Waals surface area contributed by atoms with Gasteiger partial charge in [0.15, 0.2) is 0 Å². The van der Waals surface area contributed by atoms with Crippen molar-refractivity contribution in [2.45, 2.75) is 18.4 Å². The number of nitrogens with zero attached hydrogens (tertiary/aromatic N) is 1. The number of rotatable bonds is 4. The van der Waals surface area contributed by atoms with Crippen LogP contribution in [0.2, 0.25) is 5.02 Å². The first-order valence-corrected chi connectivity index (χ1v) is 8.85. The van der Waals surface area contributed by atoms with Crippen LogP contribution >= 0.6 is 23.4 Å².